The number of halogens is 1. The summed E-state index contributed by atoms with van der Waals surface area (Å²) in [6, 6.07) is 6.60. The first-order valence-corrected chi connectivity index (χ1v) is 7.14. The minimum absolute atomic E-state index is 0.0519. The molecular formula is C12H10FN3O4S. The van der Waals surface area contributed by atoms with Crippen LogP contribution in [0.15, 0.2) is 46.1 Å². The second-order valence-electron chi connectivity index (χ2n) is 4.10. The molecule has 0 unspecified atom stereocenters. The monoisotopic (exact) mass is 311 g/mol. The highest BCUT2D eigenvalue weighted by molar-refractivity contribution is 7.89. The number of hydrogen-bond donors (Lipinski definition) is 3. The Labute approximate surface area is 118 Å². The van der Waals surface area contributed by atoms with Crippen LogP contribution in [0.25, 0.3) is 0 Å². The number of hydrogen-bond acceptors (Lipinski definition) is 4. The lowest BCUT2D eigenvalue weighted by molar-refractivity contribution is 0.102. The van der Waals surface area contributed by atoms with Crippen LogP contribution in [0.2, 0.25) is 0 Å². The van der Waals surface area contributed by atoms with Crippen molar-refractivity contribution >= 4 is 21.6 Å². The third kappa shape index (κ3) is 3.74. The van der Waals surface area contributed by atoms with Crippen LogP contribution in [0.1, 0.15) is 10.5 Å². The van der Waals surface area contributed by atoms with Crippen molar-refractivity contribution in [3.8, 4) is 0 Å². The van der Waals surface area contributed by atoms with E-state index in [9.17, 15) is 22.4 Å². The standard InChI is InChI=1S/C12H10FN3O4S/c13-7-4-8(6-9(5-7)21(14,19)20)15-12(18)10-2-1-3-11(17)16-10/h1-6H,(H,15,18)(H,16,17)(H2,14,19,20). The molecule has 1 amide bonds. The van der Waals surface area contributed by atoms with Gasteiger partial charge < -0.3 is 10.3 Å². The molecule has 0 atom stereocenters. The van der Waals surface area contributed by atoms with Crippen LogP contribution in [-0.2, 0) is 10.0 Å². The van der Waals surface area contributed by atoms with E-state index in [-0.39, 0.29) is 11.4 Å². The normalized spacial score (nSPS) is 11.1. The van der Waals surface area contributed by atoms with Crippen LogP contribution in [0.3, 0.4) is 0 Å². The number of nitrogens with one attached hydrogen (secondary N) is 2. The molecule has 21 heavy (non-hydrogen) atoms. The number of amides is 1. The molecule has 9 heteroatoms. The lowest BCUT2D eigenvalue weighted by atomic mass is 10.3. The Bertz CT molecular complexity index is 861. The van der Waals surface area contributed by atoms with Crippen molar-refractivity contribution in [3.05, 3.63) is 58.3 Å². The molecule has 2 rings (SSSR count). The second-order valence-corrected chi connectivity index (χ2v) is 5.66. The van der Waals surface area contributed by atoms with Crippen LogP contribution in [0.4, 0.5) is 10.1 Å². The molecule has 4 N–H and O–H groups in total. The first kappa shape index (κ1) is 14.9. The minimum Gasteiger partial charge on any atom is -0.321 e. The lowest BCUT2D eigenvalue weighted by Gasteiger charge is -2.07. The highest BCUT2D eigenvalue weighted by Crippen LogP contribution is 2.17. The van der Waals surface area contributed by atoms with Crippen molar-refractivity contribution in [2.45, 2.75) is 4.90 Å². The van der Waals surface area contributed by atoms with Crippen molar-refractivity contribution in [1.29, 1.82) is 0 Å². The van der Waals surface area contributed by atoms with Crippen molar-refractivity contribution < 1.29 is 17.6 Å². The first-order valence-electron chi connectivity index (χ1n) is 5.60. The zero-order valence-corrected chi connectivity index (χ0v) is 11.3. The Balaban J connectivity index is 2.34. The van der Waals surface area contributed by atoms with E-state index in [0.29, 0.717) is 0 Å². The van der Waals surface area contributed by atoms with Gasteiger partial charge in [0.1, 0.15) is 11.5 Å². The summed E-state index contributed by atoms with van der Waals surface area (Å²) in [4.78, 5) is 24.8. The maximum atomic E-state index is 13.3. The lowest BCUT2D eigenvalue weighted by Crippen LogP contribution is -2.18. The summed E-state index contributed by atoms with van der Waals surface area (Å²) >= 11 is 0. The van der Waals surface area contributed by atoms with Crippen LogP contribution in [0, 0.1) is 5.82 Å². The van der Waals surface area contributed by atoms with Gasteiger partial charge in [-0.25, -0.2) is 17.9 Å². The molecule has 110 valence electrons. The van der Waals surface area contributed by atoms with Gasteiger partial charge >= 0.3 is 0 Å². The van der Waals surface area contributed by atoms with Crippen molar-refractivity contribution in [3.63, 3.8) is 0 Å². The molecule has 1 heterocycles. The molecule has 1 aromatic heterocycles. The van der Waals surface area contributed by atoms with Gasteiger partial charge in [-0.2, -0.15) is 0 Å². The second kappa shape index (κ2) is 5.46. The predicted octanol–water partition coefficient (Wildman–Crippen LogP) is 0.414. The topological polar surface area (TPSA) is 122 Å². The van der Waals surface area contributed by atoms with Crippen molar-refractivity contribution in [2.75, 3.05) is 5.32 Å². The maximum absolute atomic E-state index is 13.3. The molecule has 0 aliphatic heterocycles. The zero-order valence-electron chi connectivity index (χ0n) is 10.5. The molecule has 2 aromatic rings. The fraction of sp³-hybridized carbons (Fsp3) is 0. The molecule has 0 saturated carbocycles. The van der Waals surface area contributed by atoms with Gasteiger partial charge in [-0.1, -0.05) is 6.07 Å². The van der Waals surface area contributed by atoms with E-state index in [1.54, 1.807) is 0 Å². The van der Waals surface area contributed by atoms with E-state index in [2.05, 4.69) is 10.3 Å². The third-order valence-corrected chi connectivity index (χ3v) is 3.36. The number of anilines is 1. The molecule has 0 aliphatic carbocycles. The zero-order chi connectivity index (χ0) is 15.6. The molecule has 0 bridgehead atoms. The van der Waals surface area contributed by atoms with Crippen LogP contribution in [0.5, 0.6) is 0 Å². The molecule has 0 spiro atoms. The third-order valence-electron chi connectivity index (χ3n) is 2.47. The van der Waals surface area contributed by atoms with Gasteiger partial charge in [-0.3, -0.25) is 9.59 Å². The number of carbonyl (C=O) groups is 1. The number of benzene rings is 1. The van der Waals surface area contributed by atoms with Gasteiger partial charge in [0.05, 0.1) is 4.90 Å². The van der Waals surface area contributed by atoms with Crippen LogP contribution < -0.4 is 16.0 Å². The molecule has 1 aromatic carbocycles. The number of nitrogens with two attached hydrogens (primary N) is 1. The number of rotatable bonds is 3. The van der Waals surface area contributed by atoms with Crippen LogP contribution >= 0.6 is 0 Å². The van der Waals surface area contributed by atoms with Crippen molar-refractivity contribution in [2.24, 2.45) is 5.14 Å². The van der Waals surface area contributed by atoms with E-state index in [1.807, 2.05) is 0 Å². The van der Waals surface area contributed by atoms with Gasteiger partial charge in [0.25, 0.3) is 5.91 Å². The van der Waals surface area contributed by atoms with Gasteiger partial charge in [0.15, 0.2) is 0 Å². The maximum Gasteiger partial charge on any atom is 0.272 e. The Kier molecular flexibility index (Phi) is 3.87. The number of sulfonamides is 1. The average molecular weight is 311 g/mol. The Hall–Kier alpha value is -2.52. The highest BCUT2D eigenvalue weighted by Gasteiger charge is 2.13. The summed E-state index contributed by atoms with van der Waals surface area (Å²) in [5, 5.41) is 7.17. The average Bonchev–Trinajstić information content (AvgIpc) is 2.37. The summed E-state index contributed by atoms with van der Waals surface area (Å²) in [6.07, 6.45) is 0. The van der Waals surface area contributed by atoms with E-state index in [0.717, 1.165) is 18.2 Å². The smallest absolute Gasteiger partial charge is 0.272 e. The van der Waals surface area contributed by atoms with E-state index in [4.69, 9.17) is 5.14 Å². The Morgan fingerprint density at radius 1 is 1.24 bits per heavy atom. The number of aromatic amines is 1. The van der Waals surface area contributed by atoms with Crippen molar-refractivity contribution in [1.82, 2.24) is 4.98 Å². The SMILES string of the molecule is NS(=O)(=O)c1cc(F)cc(NC(=O)c2cccc(=O)[nH]2)c1. The summed E-state index contributed by atoms with van der Waals surface area (Å²) in [6.45, 7) is 0. The van der Waals surface area contributed by atoms with Gasteiger partial charge in [0, 0.05) is 11.8 Å². The Morgan fingerprint density at radius 2 is 1.95 bits per heavy atom. The number of H-pyrrole nitrogens is 1. The minimum atomic E-state index is -4.10. The number of aromatic nitrogens is 1. The summed E-state index contributed by atoms with van der Waals surface area (Å²) < 4.78 is 35.7. The number of primary sulfonamides is 1. The van der Waals surface area contributed by atoms with E-state index in [1.165, 1.54) is 18.2 Å². The summed E-state index contributed by atoms with van der Waals surface area (Å²) in [7, 11) is -4.10. The van der Waals surface area contributed by atoms with Gasteiger partial charge in [-0.15, -0.1) is 0 Å². The summed E-state index contributed by atoms with van der Waals surface area (Å²) in [5.41, 5.74) is -0.634. The van der Waals surface area contributed by atoms with E-state index < -0.39 is 32.2 Å². The van der Waals surface area contributed by atoms with Crippen LogP contribution in [-0.4, -0.2) is 19.3 Å². The molecule has 7 nitrogen and oxygen atoms in total. The quantitative estimate of drug-likeness (QED) is 0.760. The summed E-state index contributed by atoms with van der Waals surface area (Å²) in [5.74, 6) is -1.60. The molecule has 0 radical (unpaired) electrons. The highest BCUT2D eigenvalue weighted by atomic mass is 32.2. The Morgan fingerprint density at radius 3 is 2.57 bits per heavy atom. The van der Waals surface area contributed by atoms with E-state index >= 15 is 0 Å². The fourth-order valence-electron chi connectivity index (χ4n) is 1.58. The largest absolute Gasteiger partial charge is 0.321 e. The predicted molar refractivity (Wildman–Crippen MR) is 72.8 cm³/mol. The number of pyridine rings is 1. The molecule has 0 fully saturated rings. The molecule has 0 aliphatic rings. The fourth-order valence-corrected chi connectivity index (χ4v) is 2.15. The molecular weight excluding hydrogens is 301 g/mol. The first-order chi connectivity index (χ1) is 9.75. The van der Waals surface area contributed by atoms with Gasteiger partial charge in [0.2, 0.25) is 15.6 Å². The van der Waals surface area contributed by atoms with Gasteiger partial charge in [-0.05, 0) is 24.3 Å². The molecule has 0 saturated heterocycles. The number of carbonyl (C=O) groups excluding carboxylic acids is 1.